The number of nitrogens with one attached hydrogen (secondary N) is 1. The fourth-order valence-corrected chi connectivity index (χ4v) is 2.19. The first-order chi connectivity index (χ1) is 12.6. The summed E-state index contributed by atoms with van der Waals surface area (Å²) in [6.07, 6.45) is 4.21. The maximum absolute atomic E-state index is 11.9. The van der Waals surface area contributed by atoms with E-state index in [0.29, 0.717) is 18.7 Å². The molecule has 26 heavy (non-hydrogen) atoms. The minimum Gasteiger partial charge on any atom is -0.494 e. The van der Waals surface area contributed by atoms with Gasteiger partial charge in [0, 0.05) is 12.6 Å². The van der Waals surface area contributed by atoms with E-state index in [1.54, 1.807) is 30.3 Å². The maximum Gasteiger partial charge on any atom is 0.337 e. The molecule has 0 aliphatic heterocycles. The highest BCUT2D eigenvalue weighted by Gasteiger charge is 2.04. The first-order valence-corrected chi connectivity index (χ1v) is 8.48. The summed E-state index contributed by atoms with van der Waals surface area (Å²) in [6, 6.07) is 14.5. The summed E-state index contributed by atoms with van der Waals surface area (Å²) in [5.74, 6) is 0.256. The Hall–Kier alpha value is -3.08. The number of hydrogen-bond acceptors (Lipinski definition) is 4. The molecule has 0 heterocycles. The van der Waals surface area contributed by atoms with Crippen molar-refractivity contribution in [2.24, 2.45) is 0 Å². The van der Waals surface area contributed by atoms with Crippen LogP contribution in [-0.2, 0) is 16.1 Å². The Morgan fingerprint density at radius 2 is 1.73 bits per heavy atom. The summed E-state index contributed by atoms with van der Waals surface area (Å²) in [6.45, 7) is 3.13. The Morgan fingerprint density at radius 1 is 1.04 bits per heavy atom. The zero-order valence-corrected chi connectivity index (χ0v) is 15.0. The highest BCUT2D eigenvalue weighted by molar-refractivity contribution is 5.91. The number of rotatable bonds is 8. The SMILES string of the molecule is CCCOc1ccc(C=CC(=O)NCc2ccc(C(=O)OC)cc2)cc1. The van der Waals surface area contributed by atoms with Crippen molar-refractivity contribution in [2.45, 2.75) is 19.9 Å². The van der Waals surface area contributed by atoms with Crippen LogP contribution in [0.2, 0.25) is 0 Å². The van der Waals surface area contributed by atoms with Crippen molar-refractivity contribution in [1.82, 2.24) is 5.32 Å². The third-order valence-corrected chi connectivity index (χ3v) is 3.62. The van der Waals surface area contributed by atoms with Gasteiger partial charge in [-0.1, -0.05) is 31.2 Å². The van der Waals surface area contributed by atoms with Crippen LogP contribution in [0.1, 0.15) is 34.8 Å². The lowest BCUT2D eigenvalue weighted by Gasteiger charge is -2.05. The molecule has 1 amide bonds. The topological polar surface area (TPSA) is 64.6 Å². The largest absolute Gasteiger partial charge is 0.494 e. The summed E-state index contributed by atoms with van der Waals surface area (Å²) < 4.78 is 10.2. The van der Waals surface area contributed by atoms with Crippen LogP contribution in [0.25, 0.3) is 6.08 Å². The van der Waals surface area contributed by atoms with E-state index >= 15 is 0 Å². The number of hydrogen-bond donors (Lipinski definition) is 1. The molecule has 0 fully saturated rings. The number of methoxy groups -OCH3 is 1. The lowest BCUT2D eigenvalue weighted by atomic mass is 10.1. The van der Waals surface area contributed by atoms with Gasteiger partial charge in [0.25, 0.3) is 0 Å². The van der Waals surface area contributed by atoms with Crippen LogP contribution >= 0.6 is 0 Å². The van der Waals surface area contributed by atoms with Gasteiger partial charge in [-0.25, -0.2) is 4.79 Å². The predicted octanol–water partition coefficient (Wildman–Crippen LogP) is 3.59. The Balaban J connectivity index is 1.82. The van der Waals surface area contributed by atoms with Gasteiger partial charge in [-0.2, -0.15) is 0 Å². The summed E-state index contributed by atoms with van der Waals surface area (Å²) in [7, 11) is 1.34. The van der Waals surface area contributed by atoms with E-state index in [2.05, 4.69) is 17.0 Å². The number of ether oxygens (including phenoxy) is 2. The van der Waals surface area contributed by atoms with E-state index < -0.39 is 0 Å². The Morgan fingerprint density at radius 3 is 2.35 bits per heavy atom. The van der Waals surface area contributed by atoms with Crippen molar-refractivity contribution >= 4 is 18.0 Å². The zero-order chi connectivity index (χ0) is 18.8. The fourth-order valence-electron chi connectivity index (χ4n) is 2.19. The summed E-state index contributed by atoms with van der Waals surface area (Å²) in [5.41, 5.74) is 2.30. The quantitative estimate of drug-likeness (QED) is 0.582. The summed E-state index contributed by atoms with van der Waals surface area (Å²) in [4.78, 5) is 23.3. The van der Waals surface area contributed by atoms with Crippen molar-refractivity contribution in [3.63, 3.8) is 0 Å². The van der Waals surface area contributed by atoms with Gasteiger partial charge in [0.2, 0.25) is 5.91 Å². The Kier molecular flexibility index (Phi) is 7.43. The van der Waals surface area contributed by atoms with E-state index in [9.17, 15) is 9.59 Å². The first-order valence-electron chi connectivity index (χ1n) is 8.48. The van der Waals surface area contributed by atoms with Crippen molar-refractivity contribution in [1.29, 1.82) is 0 Å². The minimum atomic E-state index is -0.380. The normalized spacial score (nSPS) is 10.5. The van der Waals surface area contributed by atoms with E-state index in [1.807, 2.05) is 24.3 Å². The van der Waals surface area contributed by atoms with Crippen LogP contribution in [0.15, 0.2) is 54.6 Å². The fraction of sp³-hybridized carbons (Fsp3) is 0.238. The molecule has 5 heteroatoms. The first kappa shape index (κ1) is 19.2. The molecule has 0 radical (unpaired) electrons. The third kappa shape index (κ3) is 6.09. The molecule has 1 N–H and O–H groups in total. The molecule has 0 atom stereocenters. The molecule has 2 aromatic carbocycles. The molecule has 0 aliphatic carbocycles. The number of amides is 1. The van der Waals surface area contributed by atoms with Gasteiger partial charge in [0.1, 0.15) is 5.75 Å². The number of carbonyl (C=O) groups excluding carboxylic acids is 2. The monoisotopic (exact) mass is 353 g/mol. The Bertz CT molecular complexity index is 749. The van der Waals surface area contributed by atoms with Gasteiger partial charge in [-0.15, -0.1) is 0 Å². The van der Waals surface area contributed by atoms with Crippen LogP contribution in [0.3, 0.4) is 0 Å². The van der Waals surface area contributed by atoms with Crippen molar-refractivity contribution in [3.05, 3.63) is 71.3 Å². The number of benzene rings is 2. The lowest BCUT2D eigenvalue weighted by Crippen LogP contribution is -2.20. The molecular weight excluding hydrogens is 330 g/mol. The second-order valence-electron chi connectivity index (χ2n) is 5.66. The van der Waals surface area contributed by atoms with Gasteiger partial charge < -0.3 is 14.8 Å². The van der Waals surface area contributed by atoms with Crippen molar-refractivity contribution < 1.29 is 19.1 Å². The molecule has 5 nitrogen and oxygen atoms in total. The molecule has 0 aromatic heterocycles. The lowest BCUT2D eigenvalue weighted by molar-refractivity contribution is -0.116. The van der Waals surface area contributed by atoms with Crippen LogP contribution in [0.4, 0.5) is 0 Å². The predicted molar refractivity (Wildman–Crippen MR) is 101 cm³/mol. The highest BCUT2D eigenvalue weighted by atomic mass is 16.5. The average Bonchev–Trinajstić information content (AvgIpc) is 2.69. The minimum absolute atomic E-state index is 0.187. The van der Waals surface area contributed by atoms with Crippen LogP contribution in [-0.4, -0.2) is 25.6 Å². The van der Waals surface area contributed by atoms with Crippen LogP contribution in [0.5, 0.6) is 5.75 Å². The second kappa shape index (κ2) is 10.0. The molecule has 0 saturated heterocycles. The van der Waals surface area contributed by atoms with E-state index in [1.165, 1.54) is 13.2 Å². The van der Waals surface area contributed by atoms with Gasteiger partial charge in [0.05, 0.1) is 19.3 Å². The van der Waals surface area contributed by atoms with Gasteiger partial charge in [-0.3, -0.25) is 4.79 Å². The molecule has 136 valence electrons. The van der Waals surface area contributed by atoms with Gasteiger partial charge in [0.15, 0.2) is 0 Å². The van der Waals surface area contributed by atoms with Crippen LogP contribution < -0.4 is 10.1 Å². The van der Waals surface area contributed by atoms with E-state index in [0.717, 1.165) is 23.3 Å². The van der Waals surface area contributed by atoms with Crippen molar-refractivity contribution in [2.75, 3.05) is 13.7 Å². The molecule has 0 saturated carbocycles. The molecule has 0 bridgehead atoms. The second-order valence-corrected chi connectivity index (χ2v) is 5.66. The summed E-state index contributed by atoms with van der Waals surface area (Å²) >= 11 is 0. The standard InChI is InChI=1S/C21H23NO4/c1-3-14-26-19-11-6-16(7-12-19)8-13-20(23)22-15-17-4-9-18(10-5-17)21(24)25-2/h4-13H,3,14-15H2,1-2H3,(H,22,23). The molecule has 2 rings (SSSR count). The molecular formula is C21H23NO4. The summed E-state index contributed by atoms with van der Waals surface area (Å²) in [5, 5.41) is 2.80. The van der Waals surface area contributed by atoms with Crippen molar-refractivity contribution in [3.8, 4) is 5.75 Å². The molecule has 2 aromatic rings. The van der Waals surface area contributed by atoms with E-state index in [4.69, 9.17) is 4.74 Å². The van der Waals surface area contributed by atoms with Crippen LogP contribution in [0, 0.1) is 0 Å². The highest BCUT2D eigenvalue weighted by Crippen LogP contribution is 2.13. The average molecular weight is 353 g/mol. The number of carbonyl (C=O) groups is 2. The maximum atomic E-state index is 11.9. The van der Waals surface area contributed by atoms with E-state index in [-0.39, 0.29) is 11.9 Å². The molecule has 0 unspecified atom stereocenters. The zero-order valence-electron chi connectivity index (χ0n) is 15.0. The molecule has 0 spiro atoms. The Labute approximate surface area is 153 Å². The smallest absolute Gasteiger partial charge is 0.337 e. The number of esters is 1. The van der Waals surface area contributed by atoms with Gasteiger partial charge in [-0.05, 0) is 47.9 Å². The van der Waals surface area contributed by atoms with Gasteiger partial charge >= 0.3 is 5.97 Å². The third-order valence-electron chi connectivity index (χ3n) is 3.62. The molecule has 0 aliphatic rings.